The minimum Gasteiger partial charge on any atom is -0.319 e. The van der Waals surface area contributed by atoms with Gasteiger partial charge in [0.05, 0.1) is 14.1 Å². The second kappa shape index (κ2) is 3.10. The van der Waals surface area contributed by atoms with Crippen molar-refractivity contribution in [2.45, 2.75) is 6.92 Å². The van der Waals surface area contributed by atoms with Gasteiger partial charge in [-0.15, -0.1) is 0 Å². The maximum Gasteiger partial charge on any atom is 0.419 e. The van der Waals surface area contributed by atoms with Gasteiger partial charge in [-0.3, -0.25) is 0 Å². The Hall–Kier alpha value is -1.49. The van der Waals surface area contributed by atoms with E-state index in [2.05, 4.69) is 9.97 Å². The third-order valence-electron chi connectivity index (χ3n) is 1.89. The van der Waals surface area contributed by atoms with Crippen LogP contribution in [0.2, 0.25) is 0 Å². The van der Waals surface area contributed by atoms with E-state index in [-0.39, 0.29) is 4.48 Å². The van der Waals surface area contributed by atoms with Crippen molar-refractivity contribution in [3.8, 4) is 0 Å². The summed E-state index contributed by atoms with van der Waals surface area (Å²) in [6.45, 7) is 1.77. The largest absolute Gasteiger partial charge is 0.419 e. The van der Waals surface area contributed by atoms with Gasteiger partial charge in [0, 0.05) is 12.3 Å². The molecular weight excluding hydrogens is 168 g/mol. The molecule has 1 heterocycles. The first-order valence-corrected chi connectivity index (χ1v) is 3.89. The number of nitrogens with two attached hydrogens (primary N) is 1. The van der Waals surface area contributed by atoms with Gasteiger partial charge in [0.2, 0.25) is 5.82 Å². The summed E-state index contributed by atoms with van der Waals surface area (Å²) in [5, 5.41) is 0. The molecule has 5 nitrogen and oxygen atoms in total. The molecule has 0 radical (unpaired) electrons. The fourth-order valence-electron chi connectivity index (χ4n) is 0.868. The molecule has 0 spiro atoms. The normalized spacial score (nSPS) is 11.3. The van der Waals surface area contributed by atoms with E-state index >= 15 is 0 Å². The zero-order valence-electron chi connectivity index (χ0n) is 7.98. The van der Waals surface area contributed by atoms with Crippen LogP contribution in [0, 0.1) is 6.92 Å². The fourth-order valence-corrected chi connectivity index (χ4v) is 0.868. The van der Waals surface area contributed by atoms with Crippen LogP contribution in [0.15, 0.2) is 12.3 Å². The number of aromatic nitrogens is 2. The summed E-state index contributed by atoms with van der Waals surface area (Å²) < 4.78 is -0.0661. The molecule has 0 fully saturated rings. The van der Waals surface area contributed by atoms with Crippen molar-refractivity contribution in [3.63, 3.8) is 0 Å². The first-order valence-electron chi connectivity index (χ1n) is 3.89. The number of urea groups is 1. The summed E-state index contributed by atoms with van der Waals surface area (Å²) in [7, 11) is 3.37. The van der Waals surface area contributed by atoms with Crippen LogP contribution < -0.4 is 10.2 Å². The van der Waals surface area contributed by atoms with Gasteiger partial charge in [-0.05, 0) is 6.92 Å². The molecule has 2 N–H and O–H groups in total. The van der Waals surface area contributed by atoms with Crippen LogP contribution >= 0.6 is 0 Å². The SMILES string of the molecule is Cc1nccc([N+](C)(C)C(N)=O)n1. The fraction of sp³-hybridized carbons (Fsp3) is 0.375. The Morgan fingerprint density at radius 2 is 2.15 bits per heavy atom. The smallest absolute Gasteiger partial charge is 0.319 e. The number of primary amides is 1. The molecule has 1 aromatic rings. The Kier molecular flexibility index (Phi) is 2.29. The topological polar surface area (TPSA) is 68.9 Å². The van der Waals surface area contributed by atoms with Crippen LogP contribution in [-0.4, -0.2) is 30.1 Å². The van der Waals surface area contributed by atoms with E-state index in [0.717, 1.165) is 0 Å². The molecule has 0 aliphatic rings. The zero-order valence-corrected chi connectivity index (χ0v) is 7.98. The molecule has 5 heteroatoms. The molecule has 0 aliphatic heterocycles. The van der Waals surface area contributed by atoms with Crippen LogP contribution in [-0.2, 0) is 0 Å². The molecule has 70 valence electrons. The number of nitrogens with zero attached hydrogens (tertiary/aromatic N) is 3. The third-order valence-corrected chi connectivity index (χ3v) is 1.89. The molecule has 2 amide bonds. The van der Waals surface area contributed by atoms with Gasteiger partial charge in [-0.25, -0.2) is 9.78 Å². The van der Waals surface area contributed by atoms with Crippen molar-refractivity contribution < 1.29 is 4.79 Å². The Balaban J connectivity index is 3.14. The van der Waals surface area contributed by atoms with Crippen LogP contribution in [0.3, 0.4) is 0 Å². The second-order valence-electron chi connectivity index (χ2n) is 3.25. The predicted octanol–water partition coefficient (Wildman–Crippen LogP) is 0.431. The third kappa shape index (κ3) is 1.81. The zero-order chi connectivity index (χ0) is 10.1. The van der Waals surface area contributed by atoms with Crippen LogP contribution in [0.4, 0.5) is 10.6 Å². The van der Waals surface area contributed by atoms with Crippen LogP contribution in [0.25, 0.3) is 0 Å². The van der Waals surface area contributed by atoms with E-state index < -0.39 is 6.03 Å². The molecule has 0 saturated carbocycles. The maximum absolute atomic E-state index is 11.1. The predicted molar refractivity (Wildman–Crippen MR) is 50.0 cm³/mol. The molecule has 1 rings (SSSR count). The standard InChI is InChI=1S/C8H12N4O/c1-6-10-5-4-7(11-6)12(2,3)8(9)13/h4-5H,1-3H3,(H-,9,13)/p+1. The first-order chi connectivity index (χ1) is 5.94. The van der Waals surface area contributed by atoms with E-state index in [1.807, 2.05) is 0 Å². The summed E-state index contributed by atoms with van der Waals surface area (Å²) in [6, 6.07) is 1.23. The number of rotatable bonds is 1. The van der Waals surface area contributed by atoms with Crippen LogP contribution in [0.5, 0.6) is 0 Å². The first kappa shape index (κ1) is 9.60. The summed E-state index contributed by atoms with van der Waals surface area (Å²) in [5.74, 6) is 1.23. The number of hydrogen-bond donors (Lipinski definition) is 1. The van der Waals surface area contributed by atoms with Gasteiger partial charge in [0.1, 0.15) is 5.82 Å². The van der Waals surface area contributed by atoms with Gasteiger partial charge in [0.15, 0.2) is 0 Å². The lowest BCUT2D eigenvalue weighted by molar-refractivity contribution is 0.226. The molecule has 13 heavy (non-hydrogen) atoms. The maximum atomic E-state index is 11.1. The highest BCUT2D eigenvalue weighted by Gasteiger charge is 2.28. The van der Waals surface area contributed by atoms with E-state index in [9.17, 15) is 4.79 Å². The minimum atomic E-state index is -0.446. The second-order valence-corrected chi connectivity index (χ2v) is 3.25. The lowest BCUT2D eigenvalue weighted by Crippen LogP contribution is -2.50. The Morgan fingerprint density at radius 1 is 1.54 bits per heavy atom. The van der Waals surface area contributed by atoms with E-state index in [0.29, 0.717) is 11.6 Å². The number of amides is 2. The molecular formula is C8H13N4O+. The lowest BCUT2D eigenvalue weighted by atomic mass is 10.4. The van der Waals surface area contributed by atoms with E-state index in [4.69, 9.17) is 5.73 Å². The molecule has 0 saturated heterocycles. The summed E-state index contributed by atoms with van der Waals surface area (Å²) in [6.07, 6.45) is 1.61. The number of hydrogen-bond acceptors (Lipinski definition) is 3. The highest BCUT2D eigenvalue weighted by Crippen LogP contribution is 2.13. The molecule has 0 aliphatic carbocycles. The number of carbonyl (C=O) groups is 1. The van der Waals surface area contributed by atoms with E-state index in [1.54, 1.807) is 33.3 Å². The van der Waals surface area contributed by atoms with E-state index in [1.165, 1.54) is 0 Å². The van der Waals surface area contributed by atoms with Crippen molar-refractivity contribution in [1.82, 2.24) is 14.5 Å². The molecule has 0 unspecified atom stereocenters. The summed E-state index contributed by atoms with van der Waals surface area (Å²) in [5.41, 5.74) is 5.23. The highest BCUT2D eigenvalue weighted by atomic mass is 16.2. The van der Waals surface area contributed by atoms with Gasteiger partial charge < -0.3 is 5.73 Å². The number of aryl methyl sites for hydroxylation is 1. The van der Waals surface area contributed by atoms with Crippen molar-refractivity contribution in [3.05, 3.63) is 18.1 Å². The van der Waals surface area contributed by atoms with Gasteiger partial charge in [-0.2, -0.15) is 9.47 Å². The van der Waals surface area contributed by atoms with Gasteiger partial charge >= 0.3 is 6.03 Å². The Labute approximate surface area is 76.8 Å². The monoisotopic (exact) mass is 181 g/mol. The number of quaternary nitrogens is 1. The minimum absolute atomic E-state index is 0.0661. The van der Waals surface area contributed by atoms with Crippen molar-refractivity contribution >= 4 is 11.8 Å². The molecule has 0 aromatic carbocycles. The molecule has 1 aromatic heterocycles. The van der Waals surface area contributed by atoms with Crippen molar-refractivity contribution in [2.24, 2.45) is 5.73 Å². The highest BCUT2D eigenvalue weighted by molar-refractivity contribution is 5.83. The van der Waals surface area contributed by atoms with Gasteiger partial charge in [0.25, 0.3) is 0 Å². The average Bonchev–Trinajstić information content (AvgIpc) is 2.04. The molecule has 0 bridgehead atoms. The van der Waals surface area contributed by atoms with Crippen molar-refractivity contribution in [1.29, 1.82) is 0 Å². The van der Waals surface area contributed by atoms with Gasteiger partial charge in [-0.1, -0.05) is 0 Å². The molecule has 0 atom stereocenters. The summed E-state index contributed by atoms with van der Waals surface area (Å²) in [4.78, 5) is 19.1. The van der Waals surface area contributed by atoms with Crippen molar-refractivity contribution in [2.75, 3.05) is 14.1 Å². The lowest BCUT2D eigenvalue weighted by Gasteiger charge is -2.21. The average molecular weight is 181 g/mol. The number of carbonyl (C=O) groups excluding carboxylic acids is 1. The van der Waals surface area contributed by atoms with Crippen LogP contribution in [0.1, 0.15) is 5.82 Å². The summed E-state index contributed by atoms with van der Waals surface area (Å²) >= 11 is 0. The Morgan fingerprint density at radius 3 is 2.62 bits per heavy atom. The Bertz CT molecular complexity index is 335. The quantitative estimate of drug-likeness (QED) is 0.639.